The van der Waals surface area contributed by atoms with Crippen molar-refractivity contribution in [3.63, 3.8) is 0 Å². The summed E-state index contributed by atoms with van der Waals surface area (Å²) in [6.45, 7) is 2.40. The number of carbonyl (C=O) groups is 1. The van der Waals surface area contributed by atoms with E-state index in [-0.39, 0.29) is 5.97 Å². The molecule has 4 nitrogen and oxygen atoms in total. The van der Waals surface area contributed by atoms with Gasteiger partial charge in [0.2, 0.25) is 0 Å². The predicted octanol–water partition coefficient (Wildman–Crippen LogP) is 2.13. The van der Waals surface area contributed by atoms with Crippen LogP contribution in [0.25, 0.3) is 11.0 Å². The van der Waals surface area contributed by atoms with E-state index in [9.17, 15) is 4.79 Å². The number of nitrogens with one attached hydrogen (secondary N) is 1. The molecule has 78 valence electrons. The Hall–Kier alpha value is -1.84. The molecule has 2 aromatic rings. The molecule has 15 heavy (non-hydrogen) atoms. The third-order valence-electron chi connectivity index (χ3n) is 2.11. The van der Waals surface area contributed by atoms with Gasteiger partial charge in [-0.05, 0) is 18.6 Å². The lowest BCUT2D eigenvalue weighted by Crippen LogP contribution is -2.06. The third-order valence-corrected chi connectivity index (χ3v) is 2.11. The number of aromatic nitrogens is 2. The minimum Gasteiger partial charge on any atom is -0.462 e. The molecule has 0 spiro atoms. The van der Waals surface area contributed by atoms with Crippen molar-refractivity contribution in [2.24, 2.45) is 0 Å². The molecule has 0 atom stereocenters. The number of hydrogen-bond acceptors (Lipinski definition) is 3. The van der Waals surface area contributed by atoms with E-state index in [1.54, 1.807) is 12.4 Å². The molecule has 0 fully saturated rings. The van der Waals surface area contributed by atoms with Crippen LogP contribution < -0.4 is 0 Å². The quantitative estimate of drug-likeness (QED) is 0.779. The molecule has 0 aliphatic heterocycles. The predicted molar refractivity (Wildman–Crippen MR) is 56.7 cm³/mol. The molecule has 0 saturated heterocycles. The molecule has 4 heteroatoms. The monoisotopic (exact) mass is 204 g/mol. The highest BCUT2D eigenvalue weighted by Crippen LogP contribution is 2.15. The Kier molecular flexibility index (Phi) is 2.67. The average molecular weight is 204 g/mol. The lowest BCUT2D eigenvalue weighted by atomic mass is 10.2. The second-order valence-corrected chi connectivity index (χ2v) is 3.24. The van der Waals surface area contributed by atoms with E-state index in [0.717, 1.165) is 11.9 Å². The number of ether oxygens (including phenoxy) is 1. The molecule has 1 heterocycles. The fraction of sp³-hybridized carbons (Fsp3) is 0.273. The number of nitrogens with zero attached hydrogens (tertiary/aromatic N) is 1. The summed E-state index contributed by atoms with van der Waals surface area (Å²) in [6.07, 6.45) is 2.39. The van der Waals surface area contributed by atoms with Crippen molar-refractivity contribution >= 4 is 17.0 Å². The number of hydrogen-bond donors (Lipinski definition) is 1. The molecule has 0 aliphatic carbocycles. The summed E-state index contributed by atoms with van der Waals surface area (Å²) in [5.74, 6) is -0.311. The highest BCUT2D eigenvalue weighted by atomic mass is 16.5. The Morgan fingerprint density at radius 3 is 3.20 bits per heavy atom. The van der Waals surface area contributed by atoms with Crippen LogP contribution >= 0.6 is 0 Å². The number of benzene rings is 1. The number of esters is 1. The van der Waals surface area contributed by atoms with Gasteiger partial charge in [-0.2, -0.15) is 0 Å². The van der Waals surface area contributed by atoms with Gasteiger partial charge in [0.25, 0.3) is 0 Å². The molecule has 0 bridgehead atoms. The van der Waals surface area contributed by atoms with Gasteiger partial charge in [0.15, 0.2) is 0 Å². The molecule has 1 N–H and O–H groups in total. The van der Waals surface area contributed by atoms with E-state index in [1.165, 1.54) is 0 Å². The van der Waals surface area contributed by atoms with E-state index < -0.39 is 0 Å². The Balaban J connectivity index is 2.34. The van der Waals surface area contributed by atoms with Crippen molar-refractivity contribution in [2.45, 2.75) is 13.3 Å². The van der Waals surface area contributed by atoms with Crippen LogP contribution in [0, 0.1) is 0 Å². The maximum atomic E-state index is 11.6. The summed E-state index contributed by atoms with van der Waals surface area (Å²) < 4.78 is 5.06. The first kappa shape index (κ1) is 9.71. The SMILES string of the molecule is CCCOC(=O)c1cccc2[nH]cnc12. The van der Waals surface area contributed by atoms with Crippen LogP contribution in [-0.2, 0) is 4.74 Å². The number of aromatic amines is 1. The first-order chi connectivity index (χ1) is 7.33. The summed E-state index contributed by atoms with van der Waals surface area (Å²) in [4.78, 5) is 18.7. The Bertz CT molecular complexity index is 476. The zero-order chi connectivity index (χ0) is 10.7. The van der Waals surface area contributed by atoms with Crippen molar-refractivity contribution in [3.8, 4) is 0 Å². The van der Waals surface area contributed by atoms with E-state index in [0.29, 0.717) is 17.7 Å². The van der Waals surface area contributed by atoms with E-state index in [2.05, 4.69) is 9.97 Å². The molecule has 2 rings (SSSR count). The maximum Gasteiger partial charge on any atom is 0.340 e. The Morgan fingerprint density at radius 1 is 1.53 bits per heavy atom. The van der Waals surface area contributed by atoms with Crippen LogP contribution in [0.1, 0.15) is 23.7 Å². The van der Waals surface area contributed by atoms with Crippen LogP contribution in [0.5, 0.6) is 0 Å². The van der Waals surface area contributed by atoms with Crippen LogP contribution in [0.2, 0.25) is 0 Å². The summed E-state index contributed by atoms with van der Waals surface area (Å²) in [7, 11) is 0. The fourth-order valence-electron chi connectivity index (χ4n) is 1.40. The minimum absolute atomic E-state index is 0.311. The zero-order valence-corrected chi connectivity index (χ0v) is 8.49. The number of fused-ring (bicyclic) bond motifs is 1. The van der Waals surface area contributed by atoms with Crippen molar-refractivity contribution in [3.05, 3.63) is 30.1 Å². The Labute approximate surface area is 87.3 Å². The highest BCUT2D eigenvalue weighted by Gasteiger charge is 2.12. The smallest absolute Gasteiger partial charge is 0.340 e. The number of rotatable bonds is 3. The molecule has 0 radical (unpaired) electrons. The van der Waals surface area contributed by atoms with Gasteiger partial charge in [-0.15, -0.1) is 0 Å². The zero-order valence-electron chi connectivity index (χ0n) is 8.49. The average Bonchev–Trinajstić information content (AvgIpc) is 2.73. The van der Waals surface area contributed by atoms with Crippen molar-refractivity contribution in [1.82, 2.24) is 9.97 Å². The lowest BCUT2D eigenvalue weighted by Gasteiger charge is -2.02. The first-order valence-electron chi connectivity index (χ1n) is 4.92. The fourth-order valence-corrected chi connectivity index (χ4v) is 1.40. The second kappa shape index (κ2) is 4.13. The molecule has 1 aromatic carbocycles. The number of H-pyrrole nitrogens is 1. The summed E-state index contributed by atoms with van der Waals surface area (Å²) in [6, 6.07) is 5.41. The van der Waals surface area contributed by atoms with Crippen molar-refractivity contribution in [1.29, 1.82) is 0 Å². The molecule has 0 saturated carbocycles. The van der Waals surface area contributed by atoms with Gasteiger partial charge in [-0.3, -0.25) is 0 Å². The highest BCUT2D eigenvalue weighted by molar-refractivity contribution is 6.01. The van der Waals surface area contributed by atoms with Crippen LogP contribution in [0.3, 0.4) is 0 Å². The standard InChI is InChI=1S/C11H12N2O2/c1-2-6-15-11(14)8-4-3-5-9-10(8)13-7-12-9/h3-5,7H,2,6H2,1H3,(H,12,13). The molecule has 0 unspecified atom stereocenters. The van der Waals surface area contributed by atoms with Crippen molar-refractivity contribution < 1.29 is 9.53 Å². The Morgan fingerprint density at radius 2 is 2.40 bits per heavy atom. The van der Waals surface area contributed by atoms with Crippen LogP contribution in [-0.4, -0.2) is 22.5 Å². The number of imidazole rings is 1. The first-order valence-corrected chi connectivity index (χ1v) is 4.92. The van der Waals surface area contributed by atoms with E-state index in [1.807, 2.05) is 19.1 Å². The maximum absolute atomic E-state index is 11.6. The molecular formula is C11H12N2O2. The number of carbonyl (C=O) groups excluding carboxylic acids is 1. The molecule has 1 aromatic heterocycles. The van der Waals surface area contributed by atoms with E-state index in [4.69, 9.17) is 4.74 Å². The summed E-state index contributed by atoms with van der Waals surface area (Å²) in [5, 5.41) is 0. The van der Waals surface area contributed by atoms with Gasteiger partial charge in [0, 0.05) is 0 Å². The molecular weight excluding hydrogens is 192 g/mol. The van der Waals surface area contributed by atoms with Gasteiger partial charge in [0.1, 0.15) is 5.52 Å². The lowest BCUT2D eigenvalue weighted by molar-refractivity contribution is 0.0507. The second-order valence-electron chi connectivity index (χ2n) is 3.24. The molecule has 0 aliphatic rings. The summed E-state index contributed by atoms with van der Waals surface area (Å²) in [5.41, 5.74) is 2.03. The number of para-hydroxylation sites is 1. The van der Waals surface area contributed by atoms with Gasteiger partial charge in [-0.25, -0.2) is 9.78 Å². The van der Waals surface area contributed by atoms with E-state index >= 15 is 0 Å². The summed E-state index contributed by atoms with van der Waals surface area (Å²) >= 11 is 0. The molecule has 0 amide bonds. The van der Waals surface area contributed by atoms with Gasteiger partial charge >= 0.3 is 5.97 Å². The largest absolute Gasteiger partial charge is 0.462 e. The topological polar surface area (TPSA) is 55.0 Å². The van der Waals surface area contributed by atoms with Crippen molar-refractivity contribution in [2.75, 3.05) is 6.61 Å². The minimum atomic E-state index is -0.311. The van der Waals surface area contributed by atoms with Gasteiger partial charge in [0.05, 0.1) is 24.0 Å². The third kappa shape index (κ3) is 1.83. The van der Waals surface area contributed by atoms with Crippen LogP contribution in [0.4, 0.5) is 0 Å². The normalized spacial score (nSPS) is 10.5. The van der Waals surface area contributed by atoms with Gasteiger partial charge < -0.3 is 9.72 Å². The van der Waals surface area contributed by atoms with Gasteiger partial charge in [-0.1, -0.05) is 13.0 Å². The van der Waals surface area contributed by atoms with Crippen LogP contribution in [0.15, 0.2) is 24.5 Å².